The molecule has 0 aromatic heterocycles. The molecule has 44 valence electrons. The molecule has 0 aliphatic rings. The number of rotatable bonds is 2. The molecule has 0 radical (unpaired) electrons. The molecule has 0 rings (SSSR count). The second-order valence-corrected chi connectivity index (χ2v) is 0.735. The van der Waals surface area contributed by atoms with Gasteiger partial charge in [0.05, 0.1) is 0 Å². The third-order valence-corrected chi connectivity index (χ3v) is 0.307. The fourth-order valence-electron chi connectivity index (χ4n) is 0.121. The van der Waals surface area contributed by atoms with Gasteiger partial charge in [0.15, 0.2) is 12.5 Å². The van der Waals surface area contributed by atoms with E-state index in [1.807, 2.05) is 0 Å². The zero-order valence-electron chi connectivity index (χ0n) is 3.87. The minimum absolute atomic E-state index is 0.829. The fraction of sp³-hybridized carbons (Fsp3) is 0. The lowest BCUT2D eigenvalue weighted by Crippen LogP contribution is -1.60. The molecular formula is C4H4O4. The molecule has 4 nitrogen and oxygen atoms in total. The van der Waals surface area contributed by atoms with Crippen LogP contribution in [-0.2, 0) is 9.78 Å². The summed E-state index contributed by atoms with van der Waals surface area (Å²) in [5, 5.41) is 15.2. The van der Waals surface area contributed by atoms with Gasteiger partial charge in [0, 0.05) is 0 Å². The second-order valence-electron chi connectivity index (χ2n) is 0.735. The van der Waals surface area contributed by atoms with Crippen LogP contribution >= 0.6 is 0 Å². The molecule has 0 fully saturated rings. The van der Waals surface area contributed by atoms with E-state index in [1.165, 1.54) is 0 Å². The van der Waals surface area contributed by atoms with Gasteiger partial charge in [-0.05, 0) is 11.5 Å². The lowest BCUT2D eigenvalue weighted by atomic mass is 10.8. The smallest absolute Gasteiger partial charge is 0.179 e. The molecule has 0 saturated carbocycles. The highest BCUT2D eigenvalue weighted by Crippen LogP contribution is 1.64. The van der Waals surface area contributed by atoms with Crippen LogP contribution in [-0.4, -0.2) is 10.5 Å². The molecule has 0 saturated heterocycles. The van der Waals surface area contributed by atoms with Gasteiger partial charge >= 0.3 is 0 Å². The van der Waals surface area contributed by atoms with Crippen LogP contribution in [0, 0.1) is 0 Å². The van der Waals surface area contributed by atoms with Crippen LogP contribution < -0.4 is 0 Å². The van der Waals surface area contributed by atoms with Gasteiger partial charge in [0.25, 0.3) is 0 Å². The largest absolute Gasteiger partial charge is 0.339 e. The van der Waals surface area contributed by atoms with E-state index in [0.29, 0.717) is 0 Å². The Hall–Kier alpha value is -1.18. The van der Waals surface area contributed by atoms with Crippen molar-refractivity contribution in [2.45, 2.75) is 0 Å². The van der Waals surface area contributed by atoms with E-state index in [9.17, 15) is 0 Å². The first-order chi connectivity index (χ1) is 3.91. The summed E-state index contributed by atoms with van der Waals surface area (Å²) >= 11 is 0. The van der Waals surface area contributed by atoms with E-state index in [4.69, 9.17) is 10.5 Å². The summed E-state index contributed by atoms with van der Waals surface area (Å²) in [5.41, 5.74) is 4.30. The van der Waals surface area contributed by atoms with Crippen LogP contribution in [0.15, 0.2) is 24.0 Å². The quantitative estimate of drug-likeness (QED) is 0.242. The molecule has 4 heteroatoms. The predicted molar refractivity (Wildman–Crippen MR) is 23.6 cm³/mol. The molecule has 0 bridgehead atoms. The maximum Gasteiger partial charge on any atom is 0.179 e. The summed E-state index contributed by atoms with van der Waals surface area (Å²) < 4.78 is 0. The van der Waals surface area contributed by atoms with E-state index >= 15 is 0 Å². The summed E-state index contributed by atoms with van der Waals surface area (Å²) in [7, 11) is 0. The zero-order chi connectivity index (χ0) is 6.24. The van der Waals surface area contributed by atoms with Crippen LogP contribution in [0.5, 0.6) is 0 Å². The standard InChI is InChI=1S/C4H4O4/c5-7-3-1-2-4-8-6/h3-6H. The number of hydrogen-bond acceptors (Lipinski definition) is 4. The van der Waals surface area contributed by atoms with Gasteiger partial charge in [-0.25, -0.2) is 10.5 Å². The molecule has 0 amide bonds. The molecule has 0 aromatic rings. The summed E-state index contributed by atoms with van der Waals surface area (Å²) in [6.07, 6.45) is 1.66. The molecule has 0 atom stereocenters. The predicted octanol–water partition coefficient (Wildman–Crippen LogP) is 0.747. The normalized spacial score (nSPS) is 5.75. The molecule has 8 heavy (non-hydrogen) atoms. The summed E-state index contributed by atoms with van der Waals surface area (Å²) in [6, 6.07) is 0. The van der Waals surface area contributed by atoms with E-state index < -0.39 is 0 Å². The van der Waals surface area contributed by atoms with Crippen molar-refractivity contribution in [2.75, 3.05) is 0 Å². The third-order valence-electron chi connectivity index (χ3n) is 0.307. The lowest BCUT2D eigenvalue weighted by molar-refractivity contribution is -0.187. The minimum Gasteiger partial charge on any atom is -0.339 e. The van der Waals surface area contributed by atoms with Crippen molar-refractivity contribution in [3.8, 4) is 0 Å². The van der Waals surface area contributed by atoms with Crippen LogP contribution in [0.3, 0.4) is 0 Å². The molecule has 2 N–H and O–H groups in total. The summed E-state index contributed by atoms with van der Waals surface area (Å²) in [5.74, 6) is 0. The average Bonchev–Trinajstić information content (AvgIpc) is 1.81. The summed E-state index contributed by atoms with van der Waals surface area (Å²) in [4.78, 5) is 6.87. The SMILES string of the molecule is OOC=C=C=COO. The molecule has 0 aromatic carbocycles. The molecule has 0 spiro atoms. The second kappa shape index (κ2) is 5.82. The zero-order valence-corrected chi connectivity index (χ0v) is 3.87. The Kier molecular flexibility index (Phi) is 4.96. The summed E-state index contributed by atoms with van der Waals surface area (Å²) in [6.45, 7) is 0. The first kappa shape index (κ1) is 6.82. The van der Waals surface area contributed by atoms with Gasteiger partial charge in [0.2, 0.25) is 0 Å². The average molecular weight is 116 g/mol. The van der Waals surface area contributed by atoms with E-state index in [2.05, 4.69) is 21.2 Å². The van der Waals surface area contributed by atoms with Crippen LogP contribution in [0.4, 0.5) is 0 Å². The van der Waals surface area contributed by atoms with Crippen molar-refractivity contribution in [3.63, 3.8) is 0 Å². The van der Waals surface area contributed by atoms with Gasteiger partial charge in [0.1, 0.15) is 0 Å². The van der Waals surface area contributed by atoms with E-state index in [-0.39, 0.29) is 0 Å². The Morgan fingerprint density at radius 3 is 1.62 bits per heavy atom. The van der Waals surface area contributed by atoms with Crippen molar-refractivity contribution >= 4 is 0 Å². The third kappa shape index (κ3) is 4.82. The Morgan fingerprint density at radius 2 is 1.38 bits per heavy atom. The maximum atomic E-state index is 7.59. The lowest BCUT2D eigenvalue weighted by Gasteiger charge is -1.72. The van der Waals surface area contributed by atoms with Crippen molar-refractivity contribution in [1.82, 2.24) is 0 Å². The van der Waals surface area contributed by atoms with Crippen LogP contribution in [0.2, 0.25) is 0 Å². The van der Waals surface area contributed by atoms with Crippen molar-refractivity contribution < 1.29 is 20.3 Å². The fourth-order valence-corrected chi connectivity index (χ4v) is 0.121. The first-order valence-electron chi connectivity index (χ1n) is 1.66. The van der Waals surface area contributed by atoms with Crippen LogP contribution in [0.1, 0.15) is 0 Å². The Labute approximate surface area is 45.4 Å². The topological polar surface area (TPSA) is 58.9 Å². The monoisotopic (exact) mass is 116 g/mol. The molecule has 0 aliphatic heterocycles. The Bertz CT molecular complexity index is 111. The van der Waals surface area contributed by atoms with Gasteiger partial charge in [-0.1, -0.05) is 0 Å². The Morgan fingerprint density at radius 1 is 1.00 bits per heavy atom. The molecule has 0 unspecified atom stereocenters. The van der Waals surface area contributed by atoms with Crippen molar-refractivity contribution in [3.05, 3.63) is 24.0 Å². The Balaban J connectivity index is 3.61. The van der Waals surface area contributed by atoms with E-state index in [0.717, 1.165) is 12.5 Å². The van der Waals surface area contributed by atoms with Crippen molar-refractivity contribution in [2.24, 2.45) is 0 Å². The van der Waals surface area contributed by atoms with Gasteiger partial charge in [-0.2, -0.15) is 0 Å². The first-order valence-corrected chi connectivity index (χ1v) is 1.66. The van der Waals surface area contributed by atoms with Crippen LogP contribution in [0.25, 0.3) is 0 Å². The van der Waals surface area contributed by atoms with Crippen molar-refractivity contribution in [1.29, 1.82) is 0 Å². The minimum atomic E-state index is 0.829. The highest BCUT2D eigenvalue weighted by molar-refractivity contribution is 4.75. The molecular weight excluding hydrogens is 112 g/mol. The highest BCUT2D eigenvalue weighted by atomic mass is 17.1. The van der Waals surface area contributed by atoms with Gasteiger partial charge < -0.3 is 9.78 Å². The van der Waals surface area contributed by atoms with Gasteiger partial charge in [-0.15, -0.1) is 0 Å². The highest BCUT2D eigenvalue weighted by Gasteiger charge is 1.54. The van der Waals surface area contributed by atoms with Gasteiger partial charge in [-0.3, -0.25) is 0 Å². The number of hydrogen-bond donors (Lipinski definition) is 2. The molecule has 0 aliphatic carbocycles. The molecule has 0 heterocycles. The maximum absolute atomic E-state index is 7.59. The van der Waals surface area contributed by atoms with E-state index in [1.54, 1.807) is 0 Å².